The van der Waals surface area contributed by atoms with E-state index in [9.17, 15) is 0 Å². The number of rotatable bonds is 2. The first kappa shape index (κ1) is 12.5. The van der Waals surface area contributed by atoms with Gasteiger partial charge in [-0.1, -0.05) is 23.2 Å². The van der Waals surface area contributed by atoms with Crippen LogP contribution in [0.1, 0.15) is 16.5 Å². The van der Waals surface area contributed by atoms with Crippen LogP contribution in [0.15, 0.2) is 5.38 Å². The second-order valence-electron chi connectivity index (χ2n) is 3.07. The van der Waals surface area contributed by atoms with E-state index in [2.05, 4.69) is 15.0 Å². The molecule has 0 aliphatic heterocycles. The summed E-state index contributed by atoms with van der Waals surface area (Å²) in [6.07, 6.45) is 0.556. The lowest BCUT2D eigenvalue weighted by atomic mass is 10.3. The molecule has 0 aliphatic rings. The predicted molar refractivity (Wildman–Crippen MR) is 74.4 cm³/mol. The van der Waals surface area contributed by atoms with Crippen LogP contribution in [0.5, 0.6) is 0 Å². The molecular weight excluding hydrogens is 380 g/mol. The maximum atomic E-state index is 5.93. The first-order valence-electron chi connectivity index (χ1n) is 4.34. The highest BCUT2D eigenvalue weighted by atomic mass is 127. The molecule has 0 fully saturated rings. The fourth-order valence-corrected chi connectivity index (χ4v) is 2.44. The largest absolute Gasteiger partial charge is 0.246 e. The van der Waals surface area contributed by atoms with Crippen LogP contribution >= 0.6 is 57.1 Å². The molecule has 2 rings (SSSR count). The minimum atomic E-state index is 0.391. The molecule has 2 heterocycles. The van der Waals surface area contributed by atoms with Crippen molar-refractivity contribution in [2.24, 2.45) is 0 Å². The number of thiazole rings is 1. The maximum Gasteiger partial charge on any atom is 0.147 e. The molecule has 3 nitrogen and oxygen atoms in total. The van der Waals surface area contributed by atoms with Crippen LogP contribution in [0.3, 0.4) is 0 Å². The van der Waals surface area contributed by atoms with Crippen LogP contribution in [-0.2, 0) is 6.42 Å². The number of hydrogen-bond acceptors (Lipinski definition) is 4. The molecule has 2 aromatic rings. The van der Waals surface area contributed by atoms with Gasteiger partial charge in [0.25, 0.3) is 0 Å². The van der Waals surface area contributed by atoms with E-state index < -0.39 is 0 Å². The van der Waals surface area contributed by atoms with Crippen molar-refractivity contribution in [3.63, 3.8) is 0 Å². The summed E-state index contributed by atoms with van der Waals surface area (Å²) in [4.78, 5) is 12.7. The van der Waals surface area contributed by atoms with Gasteiger partial charge in [-0.2, -0.15) is 0 Å². The SMILES string of the molecule is Cc1nc(Cc2nc(Cl)c(I)c(Cl)n2)cs1. The van der Waals surface area contributed by atoms with Gasteiger partial charge in [-0.3, -0.25) is 0 Å². The fourth-order valence-electron chi connectivity index (χ4n) is 1.17. The molecule has 0 saturated heterocycles. The molecule has 7 heteroatoms. The average molecular weight is 386 g/mol. The Morgan fingerprint density at radius 2 is 1.88 bits per heavy atom. The van der Waals surface area contributed by atoms with Gasteiger partial charge in [0.05, 0.1) is 20.7 Å². The van der Waals surface area contributed by atoms with Gasteiger partial charge < -0.3 is 0 Å². The zero-order valence-electron chi connectivity index (χ0n) is 8.17. The minimum Gasteiger partial charge on any atom is -0.246 e. The average Bonchev–Trinajstić information content (AvgIpc) is 2.60. The Labute approximate surface area is 120 Å². The Bertz CT molecular complexity index is 506. The molecule has 0 amide bonds. The standard InChI is InChI=1S/C9H6Cl2IN3S/c1-4-13-5(3-16-4)2-6-14-8(10)7(12)9(11)15-6/h3H,2H2,1H3. The summed E-state index contributed by atoms with van der Waals surface area (Å²) in [5, 5.41) is 3.79. The summed E-state index contributed by atoms with van der Waals surface area (Å²) >= 11 is 15.5. The molecule has 0 spiro atoms. The van der Waals surface area contributed by atoms with Crippen LogP contribution in [0.25, 0.3) is 0 Å². The van der Waals surface area contributed by atoms with Crippen molar-refractivity contribution in [2.75, 3.05) is 0 Å². The van der Waals surface area contributed by atoms with E-state index in [4.69, 9.17) is 23.2 Å². The number of halogens is 3. The molecule has 0 aliphatic carbocycles. The van der Waals surface area contributed by atoms with Gasteiger partial charge >= 0.3 is 0 Å². The van der Waals surface area contributed by atoms with E-state index in [0.717, 1.165) is 10.7 Å². The molecule has 0 radical (unpaired) electrons. The quantitative estimate of drug-likeness (QED) is 0.583. The number of aryl methyl sites for hydroxylation is 1. The van der Waals surface area contributed by atoms with Crippen molar-refractivity contribution in [2.45, 2.75) is 13.3 Å². The topological polar surface area (TPSA) is 38.7 Å². The van der Waals surface area contributed by atoms with E-state index in [1.807, 2.05) is 34.9 Å². The zero-order valence-corrected chi connectivity index (χ0v) is 12.7. The lowest BCUT2D eigenvalue weighted by molar-refractivity contribution is 0.935. The Balaban J connectivity index is 2.28. The van der Waals surface area contributed by atoms with Crippen LogP contribution < -0.4 is 0 Å². The Hall–Kier alpha value is 0.0200. The van der Waals surface area contributed by atoms with Gasteiger partial charge in [0.2, 0.25) is 0 Å². The molecule has 0 atom stereocenters. The lowest BCUT2D eigenvalue weighted by Crippen LogP contribution is -1.99. The minimum absolute atomic E-state index is 0.391. The Morgan fingerprint density at radius 1 is 1.25 bits per heavy atom. The summed E-state index contributed by atoms with van der Waals surface area (Å²) in [5.74, 6) is 0.598. The van der Waals surface area contributed by atoms with Crippen LogP contribution in [-0.4, -0.2) is 15.0 Å². The lowest BCUT2D eigenvalue weighted by Gasteiger charge is -2.01. The Kier molecular flexibility index (Phi) is 3.99. The van der Waals surface area contributed by atoms with Crippen molar-refractivity contribution in [1.29, 1.82) is 0 Å². The van der Waals surface area contributed by atoms with Gasteiger partial charge in [-0.25, -0.2) is 15.0 Å². The monoisotopic (exact) mass is 385 g/mol. The fraction of sp³-hybridized carbons (Fsp3) is 0.222. The van der Waals surface area contributed by atoms with E-state index >= 15 is 0 Å². The zero-order chi connectivity index (χ0) is 11.7. The summed E-state index contributed by atoms with van der Waals surface area (Å²) in [6.45, 7) is 1.96. The van der Waals surface area contributed by atoms with E-state index in [1.54, 1.807) is 11.3 Å². The van der Waals surface area contributed by atoms with Gasteiger partial charge in [-0.15, -0.1) is 11.3 Å². The summed E-state index contributed by atoms with van der Waals surface area (Å²) in [5.41, 5.74) is 0.941. The third-order valence-electron chi connectivity index (χ3n) is 1.82. The number of nitrogens with zero attached hydrogens (tertiary/aromatic N) is 3. The Morgan fingerprint density at radius 3 is 2.38 bits per heavy atom. The molecule has 16 heavy (non-hydrogen) atoms. The van der Waals surface area contributed by atoms with Gasteiger partial charge in [0.1, 0.15) is 16.1 Å². The van der Waals surface area contributed by atoms with E-state index in [0.29, 0.717) is 26.1 Å². The molecule has 84 valence electrons. The molecular formula is C9H6Cl2IN3S. The van der Waals surface area contributed by atoms with Crippen molar-refractivity contribution in [1.82, 2.24) is 15.0 Å². The van der Waals surface area contributed by atoms with Crippen molar-refractivity contribution < 1.29 is 0 Å². The molecule has 0 unspecified atom stereocenters. The van der Waals surface area contributed by atoms with Crippen LogP contribution in [0, 0.1) is 10.5 Å². The molecule has 0 N–H and O–H groups in total. The third kappa shape index (κ3) is 2.82. The highest BCUT2D eigenvalue weighted by Crippen LogP contribution is 2.23. The number of hydrogen-bond donors (Lipinski definition) is 0. The van der Waals surface area contributed by atoms with Crippen LogP contribution in [0.2, 0.25) is 10.3 Å². The van der Waals surface area contributed by atoms with E-state index in [-0.39, 0.29) is 0 Å². The van der Waals surface area contributed by atoms with Crippen molar-refractivity contribution in [3.8, 4) is 0 Å². The van der Waals surface area contributed by atoms with Gasteiger partial charge in [0, 0.05) is 5.38 Å². The smallest absolute Gasteiger partial charge is 0.147 e. The molecule has 0 aromatic carbocycles. The highest BCUT2D eigenvalue weighted by molar-refractivity contribution is 14.1. The van der Waals surface area contributed by atoms with E-state index in [1.165, 1.54) is 0 Å². The second-order valence-corrected chi connectivity index (χ2v) is 5.93. The van der Waals surface area contributed by atoms with Crippen molar-refractivity contribution in [3.05, 3.63) is 35.8 Å². The summed E-state index contributed by atoms with van der Waals surface area (Å²) in [7, 11) is 0. The number of aromatic nitrogens is 3. The second kappa shape index (κ2) is 5.12. The first-order chi connectivity index (χ1) is 7.56. The molecule has 0 bridgehead atoms. The first-order valence-corrected chi connectivity index (χ1v) is 7.06. The normalized spacial score (nSPS) is 10.8. The predicted octanol–water partition coefficient (Wildman–Crippen LogP) is 3.74. The van der Waals surface area contributed by atoms with Gasteiger partial charge in [-0.05, 0) is 29.5 Å². The summed E-state index contributed by atoms with van der Waals surface area (Å²) < 4.78 is 0.680. The highest BCUT2D eigenvalue weighted by Gasteiger charge is 2.10. The maximum absolute atomic E-state index is 5.93. The van der Waals surface area contributed by atoms with Crippen LogP contribution in [0.4, 0.5) is 0 Å². The molecule has 2 aromatic heterocycles. The summed E-state index contributed by atoms with van der Waals surface area (Å²) in [6, 6.07) is 0. The third-order valence-corrected chi connectivity index (χ3v) is 4.85. The van der Waals surface area contributed by atoms with Gasteiger partial charge in [0.15, 0.2) is 0 Å². The van der Waals surface area contributed by atoms with Crippen molar-refractivity contribution >= 4 is 57.1 Å². The molecule has 0 saturated carbocycles.